The number of ether oxygens (including phenoxy) is 2. The monoisotopic (exact) mass is 399 g/mol. The molecule has 0 saturated carbocycles. The molecule has 0 radical (unpaired) electrons. The summed E-state index contributed by atoms with van der Waals surface area (Å²) in [6.07, 6.45) is 1.11. The van der Waals surface area contributed by atoms with Gasteiger partial charge in [-0.15, -0.1) is 0 Å². The highest BCUT2D eigenvalue weighted by Gasteiger charge is 2.16. The van der Waals surface area contributed by atoms with Gasteiger partial charge in [0.05, 0.1) is 18.0 Å². The van der Waals surface area contributed by atoms with E-state index in [0.717, 1.165) is 6.26 Å². The molecule has 0 aliphatic carbocycles. The molecule has 0 spiro atoms. The molecule has 2 rings (SSSR count). The molecule has 1 amide bonds. The van der Waals surface area contributed by atoms with Gasteiger partial charge in [0.15, 0.2) is 21.3 Å². The molecule has 9 heteroatoms. The van der Waals surface area contributed by atoms with Crippen LogP contribution in [0.3, 0.4) is 0 Å². The Morgan fingerprint density at radius 2 is 1.70 bits per heavy atom. The number of methoxy groups -OCH3 is 1. The summed E-state index contributed by atoms with van der Waals surface area (Å²) >= 11 is 0. The number of carbonyl (C=O) groups is 1. The number of rotatable bonds is 7. The van der Waals surface area contributed by atoms with Crippen molar-refractivity contribution in [2.45, 2.75) is 24.5 Å². The van der Waals surface area contributed by atoms with Crippen LogP contribution in [0.2, 0.25) is 0 Å². The van der Waals surface area contributed by atoms with Crippen molar-refractivity contribution in [3.05, 3.63) is 53.6 Å². The van der Waals surface area contributed by atoms with Crippen LogP contribution in [0.1, 0.15) is 28.9 Å². The number of halogens is 2. The second-order valence-corrected chi connectivity index (χ2v) is 7.80. The molecule has 27 heavy (non-hydrogen) atoms. The van der Waals surface area contributed by atoms with E-state index in [1.54, 1.807) is 19.1 Å². The van der Waals surface area contributed by atoms with Crippen LogP contribution in [0.4, 0.5) is 8.78 Å². The van der Waals surface area contributed by atoms with Crippen LogP contribution >= 0.6 is 0 Å². The first-order chi connectivity index (χ1) is 12.6. The quantitative estimate of drug-likeness (QED) is 0.773. The highest BCUT2D eigenvalue weighted by Crippen LogP contribution is 2.29. The molecule has 1 N–H and O–H groups in total. The van der Waals surface area contributed by atoms with Gasteiger partial charge in [-0.3, -0.25) is 4.79 Å². The molecule has 1 atom stereocenters. The van der Waals surface area contributed by atoms with E-state index in [9.17, 15) is 22.0 Å². The summed E-state index contributed by atoms with van der Waals surface area (Å²) in [6, 6.07) is 9.62. The fourth-order valence-corrected chi connectivity index (χ4v) is 3.00. The summed E-state index contributed by atoms with van der Waals surface area (Å²) < 4.78 is 57.0. The minimum atomic E-state index is -3.30. The minimum Gasteiger partial charge on any atom is -0.493 e. The average molecular weight is 399 g/mol. The van der Waals surface area contributed by atoms with Crippen molar-refractivity contribution in [3.63, 3.8) is 0 Å². The summed E-state index contributed by atoms with van der Waals surface area (Å²) in [7, 11) is -2.02. The Bertz CT molecular complexity index is 914. The van der Waals surface area contributed by atoms with Crippen molar-refractivity contribution in [2.75, 3.05) is 13.4 Å². The number of hydrogen-bond donors (Lipinski definition) is 1. The second-order valence-electron chi connectivity index (χ2n) is 5.78. The highest BCUT2D eigenvalue weighted by atomic mass is 32.2. The summed E-state index contributed by atoms with van der Waals surface area (Å²) in [5, 5.41) is 2.75. The normalized spacial score (nSPS) is 12.5. The van der Waals surface area contributed by atoms with E-state index in [2.05, 4.69) is 10.1 Å². The Hall–Kier alpha value is -2.68. The lowest BCUT2D eigenvalue weighted by molar-refractivity contribution is -0.0512. The van der Waals surface area contributed by atoms with Crippen molar-refractivity contribution in [1.29, 1.82) is 0 Å². The number of benzene rings is 2. The molecular formula is C18H19F2NO5S. The van der Waals surface area contributed by atoms with Gasteiger partial charge < -0.3 is 14.8 Å². The maximum Gasteiger partial charge on any atom is 0.387 e. The van der Waals surface area contributed by atoms with Crippen molar-refractivity contribution in [3.8, 4) is 11.5 Å². The molecule has 0 aliphatic rings. The van der Waals surface area contributed by atoms with Crippen LogP contribution in [0.15, 0.2) is 47.4 Å². The zero-order valence-electron chi connectivity index (χ0n) is 14.9. The zero-order chi connectivity index (χ0) is 20.2. The Balaban J connectivity index is 2.14. The van der Waals surface area contributed by atoms with E-state index in [1.807, 2.05) is 0 Å². The number of amides is 1. The summed E-state index contributed by atoms with van der Waals surface area (Å²) in [5.74, 6) is -0.613. The lowest BCUT2D eigenvalue weighted by Crippen LogP contribution is -2.26. The topological polar surface area (TPSA) is 81.7 Å². The van der Waals surface area contributed by atoms with Gasteiger partial charge in [0, 0.05) is 11.8 Å². The van der Waals surface area contributed by atoms with E-state index in [1.165, 1.54) is 37.4 Å². The standard InChI is InChI=1S/C18H19F2NO5S/c1-11(12-4-7-14(8-5-12)27(3,23)24)21-17(22)13-6-9-15(26-18(19)20)16(10-13)25-2/h4-11,18H,1-3H3,(H,21,22). The summed E-state index contributed by atoms with van der Waals surface area (Å²) in [6.45, 7) is -1.27. The lowest BCUT2D eigenvalue weighted by atomic mass is 10.1. The van der Waals surface area contributed by atoms with Gasteiger partial charge in [-0.1, -0.05) is 12.1 Å². The SMILES string of the molecule is COc1cc(C(=O)NC(C)c2ccc(S(C)(=O)=O)cc2)ccc1OC(F)F. The fraction of sp³-hybridized carbons (Fsp3) is 0.278. The zero-order valence-corrected chi connectivity index (χ0v) is 15.7. The molecule has 0 heterocycles. The van der Waals surface area contributed by atoms with Crippen LogP contribution in [0.5, 0.6) is 11.5 Å². The minimum absolute atomic E-state index is 0.00751. The third-order valence-electron chi connectivity index (χ3n) is 3.80. The van der Waals surface area contributed by atoms with E-state index in [-0.39, 0.29) is 22.0 Å². The third kappa shape index (κ3) is 5.40. The average Bonchev–Trinajstić information content (AvgIpc) is 2.60. The molecule has 0 aliphatic heterocycles. The predicted molar refractivity (Wildman–Crippen MR) is 95.1 cm³/mol. The lowest BCUT2D eigenvalue weighted by Gasteiger charge is -2.16. The molecule has 6 nitrogen and oxygen atoms in total. The molecule has 0 aromatic heterocycles. The van der Waals surface area contributed by atoms with Crippen LogP contribution in [0, 0.1) is 0 Å². The number of hydrogen-bond acceptors (Lipinski definition) is 5. The summed E-state index contributed by atoms with van der Waals surface area (Å²) in [4.78, 5) is 12.6. The number of sulfone groups is 1. The maximum absolute atomic E-state index is 12.4. The van der Waals surface area contributed by atoms with Gasteiger partial charge in [0.25, 0.3) is 5.91 Å². The van der Waals surface area contributed by atoms with E-state index in [4.69, 9.17) is 4.74 Å². The smallest absolute Gasteiger partial charge is 0.387 e. The van der Waals surface area contributed by atoms with Gasteiger partial charge in [-0.2, -0.15) is 8.78 Å². The Morgan fingerprint density at radius 1 is 1.07 bits per heavy atom. The first kappa shape index (κ1) is 20.6. The van der Waals surface area contributed by atoms with E-state index >= 15 is 0 Å². The van der Waals surface area contributed by atoms with Crippen LogP contribution in [-0.2, 0) is 9.84 Å². The molecule has 2 aromatic carbocycles. The molecule has 0 bridgehead atoms. The second kappa shape index (κ2) is 8.34. The number of nitrogens with one attached hydrogen (secondary N) is 1. The first-order valence-corrected chi connectivity index (χ1v) is 9.74. The molecular weight excluding hydrogens is 380 g/mol. The van der Waals surface area contributed by atoms with Gasteiger partial charge in [0.2, 0.25) is 0 Å². The van der Waals surface area contributed by atoms with Crippen molar-refractivity contribution in [2.24, 2.45) is 0 Å². The van der Waals surface area contributed by atoms with Gasteiger partial charge in [-0.25, -0.2) is 8.42 Å². The van der Waals surface area contributed by atoms with Crippen molar-refractivity contribution >= 4 is 15.7 Å². The molecule has 0 fully saturated rings. The largest absolute Gasteiger partial charge is 0.493 e. The van der Waals surface area contributed by atoms with Crippen LogP contribution < -0.4 is 14.8 Å². The predicted octanol–water partition coefficient (Wildman–Crippen LogP) is 3.19. The molecule has 0 saturated heterocycles. The maximum atomic E-state index is 12.4. The van der Waals surface area contributed by atoms with E-state index < -0.39 is 28.4 Å². The Labute approximate surface area is 156 Å². The Kier molecular flexibility index (Phi) is 6.37. The molecule has 2 aromatic rings. The number of carbonyl (C=O) groups excluding carboxylic acids is 1. The molecule has 1 unspecified atom stereocenters. The van der Waals surface area contributed by atoms with Crippen molar-refractivity contribution in [1.82, 2.24) is 5.32 Å². The van der Waals surface area contributed by atoms with Gasteiger partial charge in [-0.05, 0) is 42.8 Å². The molecule has 146 valence electrons. The van der Waals surface area contributed by atoms with E-state index in [0.29, 0.717) is 5.56 Å². The highest BCUT2D eigenvalue weighted by molar-refractivity contribution is 7.90. The third-order valence-corrected chi connectivity index (χ3v) is 4.93. The van der Waals surface area contributed by atoms with Crippen molar-refractivity contribution < 1.29 is 31.5 Å². The van der Waals surface area contributed by atoms with Crippen LogP contribution in [0.25, 0.3) is 0 Å². The first-order valence-electron chi connectivity index (χ1n) is 7.85. The Morgan fingerprint density at radius 3 is 2.22 bits per heavy atom. The van der Waals surface area contributed by atoms with Gasteiger partial charge >= 0.3 is 6.61 Å². The van der Waals surface area contributed by atoms with Crippen LogP contribution in [-0.4, -0.2) is 34.3 Å². The fourth-order valence-electron chi connectivity index (χ4n) is 2.37. The van der Waals surface area contributed by atoms with Gasteiger partial charge in [0.1, 0.15) is 0 Å². The summed E-state index contributed by atoms with van der Waals surface area (Å²) in [5.41, 5.74) is 0.911. The number of alkyl halides is 2.